The Morgan fingerprint density at radius 1 is 1.28 bits per heavy atom. The number of aromatic nitrogens is 2. The Morgan fingerprint density at radius 2 is 2.00 bits per heavy atom. The molecular formula is C20H27N3O5S. The van der Waals surface area contributed by atoms with E-state index in [0.717, 1.165) is 44.8 Å². The van der Waals surface area contributed by atoms with Crippen LogP contribution in [0.1, 0.15) is 67.1 Å². The number of carbonyl (C=O) groups excluding carboxylic acids is 1. The van der Waals surface area contributed by atoms with Crippen LogP contribution in [-0.2, 0) is 14.6 Å². The molecule has 3 unspecified atom stereocenters. The van der Waals surface area contributed by atoms with Crippen LogP contribution in [0.25, 0.3) is 0 Å². The van der Waals surface area contributed by atoms with Gasteiger partial charge in [0.25, 0.3) is 5.91 Å². The van der Waals surface area contributed by atoms with Crippen LogP contribution in [0.3, 0.4) is 0 Å². The van der Waals surface area contributed by atoms with Gasteiger partial charge in [-0.15, -0.1) is 0 Å². The molecule has 0 radical (unpaired) electrons. The van der Waals surface area contributed by atoms with Crippen LogP contribution in [0.15, 0.2) is 11.4 Å². The summed E-state index contributed by atoms with van der Waals surface area (Å²) in [4.78, 5) is 21.4. The topological polar surface area (TPSA) is 118 Å². The Labute approximate surface area is 170 Å². The molecule has 4 saturated carbocycles. The lowest BCUT2D eigenvalue weighted by atomic mass is 9.52. The smallest absolute Gasteiger partial charge is 0.255 e. The van der Waals surface area contributed by atoms with E-state index in [1.54, 1.807) is 0 Å². The molecule has 1 aliphatic heterocycles. The Morgan fingerprint density at radius 3 is 2.59 bits per heavy atom. The lowest BCUT2D eigenvalue weighted by molar-refractivity contribution is -0.136. The highest BCUT2D eigenvalue weighted by molar-refractivity contribution is 7.90. The third kappa shape index (κ3) is 3.47. The van der Waals surface area contributed by atoms with Crippen molar-refractivity contribution in [1.29, 1.82) is 0 Å². The molecular weight excluding hydrogens is 394 g/mol. The van der Waals surface area contributed by atoms with Crippen molar-refractivity contribution < 1.29 is 23.1 Å². The summed E-state index contributed by atoms with van der Waals surface area (Å²) in [5, 5.41) is 13.7. The van der Waals surface area contributed by atoms with Gasteiger partial charge in [-0.3, -0.25) is 4.79 Å². The minimum atomic E-state index is -3.58. The van der Waals surface area contributed by atoms with Crippen LogP contribution >= 0.6 is 0 Å². The van der Waals surface area contributed by atoms with E-state index in [2.05, 4.69) is 15.3 Å². The highest BCUT2D eigenvalue weighted by Crippen LogP contribution is 2.55. The summed E-state index contributed by atoms with van der Waals surface area (Å²) in [7, 11) is -3.58. The molecule has 158 valence electrons. The van der Waals surface area contributed by atoms with Gasteiger partial charge in [0.2, 0.25) is 15.0 Å². The molecule has 6 rings (SSSR count). The van der Waals surface area contributed by atoms with Crippen molar-refractivity contribution >= 4 is 15.7 Å². The number of rotatable bonds is 4. The fourth-order valence-electron chi connectivity index (χ4n) is 6.22. The van der Waals surface area contributed by atoms with Gasteiger partial charge >= 0.3 is 0 Å². The normalized spacial score (nSPS) is 38.3. The van der Waals surface area contributed by atoms with E-state index in [-0.39, 0.29) is 34.5 Å². The minimum Gasteiger partial charge on any atom is -0.390 e. The minimum absolute atomic E-state index is 0.0336. The van der Waals surface area contributed by atoms with Crippen LogP contribution in [0.4, 0.5) is 0 Å². The molecule has 9 heteroatoms. The molecule has 2 N–H and O–H groups in total. The molecule has 5 fully saturated rings. The summed E-state index contributed by atoms with van der Waals surface area (Å²) in [6.45, 7) is 0.566. The summed E-state index contributed by atoms with van der Waals surface area (Å²) in [6.07, 6.45) is 8.00. The second kappa shape index (κ2) is 6.72. The Balaban J connectivity index is 1.42. The van der Waals surface area contributed by atoms with Gasteiger partial charge in [0, 0.05) is 25.1 Å². The van der Waals surface area contributed by atoms with Crippen molar-refractivity contribution in [1.82, 2.24) is 15.3 Å². The van der Waals surface area contributed by atoms with Crippen molar-refractivity contribution in [2.24, 2.45) is 17.8 Å². The molecule has 5 aliphatic rings. The number of nitrogens with zero attached hydrogens (tertiary/aromatic N) is 2. The molecule has 0 aromatic carbocycles. The van der Waals surface area contributed by atoms with Crippen molar-refractivity contribution in [3.05, 3.63) is 17.5 Å². The van der Waals surface area contributed by atoms with E-state index in [1.165, 1.54) is 6.20 Å². The number of carbonyl (C=O) groups is 1. The summed E-state index contributed by atoms with van der Waals surface area (Å²) in [6, 6.07) is 0.0336. The zero-order chi connectivity index (χ0) is 20.4. The van der Waals surface area contributed by atoms with Gasteiger partial charge in [-0.05, 0) is 62.7 Å². The van der Waals surface area contributed by atoms with Crippen LogP contribution < -0.4 is 5.32 Å². The molecule has 1 aromatic rings. The highest BCUT2D eigenvalue weighted by Gasteiger charge is 2.55. The van der Waals surface area contributed by atoms with E-state index < -0.39 is 21.5 Å². The van der Waals surface area contributed by atoms with E-state index in [0.29, 0.717) is 24.6 Å². The fourth-order valence-corrected chi connectivity index (χ4v) is 6.72. The molecule has 29 heavy (non-hydrogen) atoms. The maximum absolute atomic E-state index is 13.2. The second-order valence-electron chi connectivity index (χ2n) is 9.42. The fraction of sp³-hybridized carbons (Fsp3) is 0.750. The van der Waals surface area contributed by atoms with Gasteiger partial charge < -0.3 is 15.2 Å². The predicted octanol–water partition coefficient (Wildman–Crippen LogP) is 1.40. The number of hydrogen-bond donors (Lipinski definition) is 2. The molecule has 1 amide bonds. The van der Waals surface area contributed by atoms with Gasteiger partial charge in [0.1, 0.15) is 6.10 Å². The largest absolute Gasteiger partial charge is 0.390 e. The molecule has 2 heterocycles. The predicted molar refractivity (Wildman–Crippen MR) is 103 cm³/mol. The quantitative estimate of drug-likeness (QED) is 0.706. The van der Waals surface area contributed by atoms with Crippen LogP contribution in [-0.4, -0.2) is 53.9 Å². The summed E-state index contributed by atoms with van der Waals surface area (Å²) < 4.78 is 29.5. The van der Waals surface area contributed by atoms with Crippen molar-refractivity contribution in [3.63, 3.8) is 0 Å². The monoisotopic (exact) mass is 421 g/mol. The summed E-state index contributed by atoms with van der Waals surface area (Å²) >= 11 is 0. The highest BCUT2D eigenvalue weighted by atomic mass is 32.2. The van der Waals surface area contributed by atoms with Crippen LogP contribution in [0.2, 0.25) is 0 Å². The van der Waals surface area contributed by atoms with Crippen molar-refractivity contribution in [2.45, 2.75) is 67.8 Å². The summed E-state index contributed by atoms with van der Waals surface area (Å²) in [5.41, 5.74) is 0.0931. The van der Waals surface area contributed by atoms with Crippen molar-refractivity contribution in [3.8, 4) is 0 Å². The van der Waals surface area contributed by atoms with Gasteiger partial charge in [-0.25, -0.2) is 18.4 Å². The average Bonchev–Trinajstić information content (AvgIpc) is 3.16. The summed E-state index contributed by atoms with van der Waals surface area (Å²) in [5.74, 6) is 0.862. The third-order valence-electron chi connectivity index (χ3n) is 7.15. The van der Waals surface area contributed by atoms with E-state index in [9.17, 15) is 18.3 Å². The van der Waals surface area contributed by atoms with Gasteiger partial charge in [-0.2, -0.15) is 0 Å². The first-order valence-electron chi connectivity index (χ1n) is 10.4. The number of amides is 1. The van der Waals surface area contributed by atoms with Crippen molar-refractivity contribution in [2.75, 3.05) is 12.9 Å². The molecule has 0 spiro atoms. The van der Waals surface area contributed by atoms with E-state index in [1.807, 2.05) is 0 Å². The SMILES string of the molecule is CS(=O)(=O)c1ncc(C(=O)NC2C3CC4CC2CC(O)(C4)C3)c(C2CCCO2)n1. The molecule has 1 saturated heterocycles. The maximum Gasteiger partial charge on any atom is 0.255 e. The molecule has 3 atom stereocenters. The van der Waals surface area contributed by atoms with E-state index >= 15 is 0 Å². The second-order valence-corrected chi connectivity index (χ2v) is 11.3. The number of sulfone groups is 1. The number of hydrogen-bond acceptors (Lipinski definition) is 7. The maximum atomic E-state index is 13.2. The van der Waals surface area contributed by atoms with Crippen LogP contribution in [0, 0.1) is 17.8 Å². The standard InChI is InChI=1S/C20H27N3O5S/c1-29(26,27)19-21-10-14(17(23-19)15-3-2-4-28-15)18(24)22-16-12-5-11-6-13(16)9-20(25,7-11)8-12/h10-13,15-16,25H,2-9H2,1H3,(H,22,24). The first-order valence-corrected chi connectivity index (χ1v) is 12.3. The average molecular weight is 422 g/mol. The van der Waals surface area contributed by atoms with E-state index in [4.69, 9.17) is 4.74 Å². The zero-order valence-corrected chi connectivity index (χ0v) is 17.3. The third-order valence-corrected chi connectivity index (χ3v) is 8.01. The Kier molecular flexibility index (Phi) is 4.49. The Hall–Kier alpha value is -1.58. The first kappa shape index (κ1) is 19.4. The van der Waals surface area contributed by atoms with Crippen LogP contribution in [0.5, 0.6) is 0 Å². The lowest BCUT2D eigenvalue weighted by Gasteiger charge is -2.58. The number of aliphatic hydroxyl groups is 1. The lowest BCUT2D eigenvalue weighted by Crippen LogP contribution is -2.61. The number of ether oxygens (including phenoxy) is 1. The van der Waals surface area contributed by atoms with Gasteiger partial charge in [0.05, 0.1) is 16.9 Å². The zero-order valence-electron chi connectivity index (χ0n) is 16.5. The van der Waals surface area contributed by atoms with Gasteiger partial charge in [-0.1, -0.05) is 0 Å². The molecule has 1 aromatic heterocycles. The Bertz CT molecular complexity index is 927. The molecule has 4 aliphatic carbocycles. The van der Waals surface area contributed by atoms with Gasteiger partial charge in [0.15, 0.2) is 0 Å². The molecule has 4 bridgehead atoms. The molecule has 8 nitrogen and oxygen atoms in total. The number of nitrogens with one attached hydrogen (secondary N) is 1. The first-order chi connectivity index (χ1) is 13.7.